The lowest BCUT2D eigenvalue weighted by Crippen LogP contribution is -2.29. The van der Waals surface area contributed by atoms with Gasteiger partial charge in [-0.2, -0.15) is 10.1 Å². The SMILES string of the molecule is COc1ccc([C@@H]2C(C(=O)OCc3ccccc3)=C(C)Nc3ncnn32)cc1OC. The molecule has 1 aromatic heterocycles. The molecule has 0 bridgehead atoms. The zero-order chi connectivity index (χ0) is 21.1. The van der Waals surface area contributed by atoms with Crippen molar-refractivity contribution in [1.29, 1.82) is 0 Å². The fraction of sp³-hybridized carbons (Fsp3) is 0.227. The fourth-order valence-corrected chi connectivity index (χ4v) is 3.49. The molecule has 8 heteroatoms. The first-order chi connectivity index (χ1) is 14.6. The van der Waals surface area contributed by atoms with E-state index in [0.717, 1.165) is 11.1 Å². The van der Waals surface area contributed by atoms with Crippen LogP contribution in [0.15, 0.2) is 66.1 Å². The van der Waals surface area contributed by atoms with Crippen molar-refractivity contribution in [3.05, 3.63) is 77.3 Å². The zero-order valence-electron chi connectivity index (χ0n) is 17.0. The molecule has 0 saturated heterocycles. The molecule has 8 nitrogen and oxygen atoms in total. The molecule has 0 saturated carbocycles. The van der Waals surface area contributed by atoms with Crippen LogP contribution in [0.5, 0.6) is 11.5 Å². The van der Waals surface area contributed by atoms with Crippen LogP contribution in [0.3, 0.4) is 0 Å². The maximum atomic E-state index is 13.1. The van der Waals surface area contributed by atoms with E-state index in [1.807, 2.05) is 49.4 Å². The second-order valence-corrected chi connectivity index (χ2v) is 6.77. The van der Waals surface area contributed by atoms with Gasteiger partial charge in [0.1, 0.15) is 19.0 Å². The predicted octanol–water partition coefficient (Wildman–Crippen LogP) is 3.33. The van der Waals surface area contributed by atoms with E-state index in [9.17, 15) is 4.79 Å². The summed E-state index contributed by atoms with van der Waals surface area (Å²) < 4.78 is 18.1. The molecule has 1 aliphatic heterocycles. The summed E-state index contributed by atoms with van der Waals surface area (Å²) in [6, 6.07) is 14.5. The molecule has 0 spiro atoms. The molecule has 0 aliphatic carbocycles. The van der Waals surface area contributed by atoms with Gasteiger partial charge in [-0.1, -0.05) is 36.4 Å². The molecule has 154 valence electrons. The molecule has 2 heterocycles. The molecule has 30 heavy (non-hydrogen) atoms. The molecule has 4 rings (SSSR count). The average Bonchev–Trinajstić information content (AvgIpc) is 3.24. The summed E-state index contributed by atoms with van der Waals surface area (Å²) in [6.45, 7) is 2.00. The van der Waals surface area contributed by atoms with Crippen molar-refractivity contribution in [2.75, 3.05) is 19.5 Å². The van der Waals surface area contributed by atoms with Crippen molar-refractivity contribution < 1.29 is 19.0 Å². The molecule has 1 atom stereocenters. The average molecular weight is 406 g/mol. The van der Waals surface area contributed by atoms with Crippen LogP contribution in [0.4, 0.5) is 5.95 Å². The number of nitrogens with one attached hydrogen (secondary N) is 1. The van der Waals surface area contributed by atoms with Crippen molar-refractivity contribution in [3.8, 4) is 11.5 Å². The molecular formula is C22H22N4O4. The van der Waals surface area contributed by atoms with Gasteiger partial charge in [0, 0.05) is 5.70 Å². The van der Waals surface area contributed by atoms with Crippen LogP contribution in [0.2, 0.25) is 0 Å². The van der Waals surface area contributed by atoms with Gasteiger partial charge < -0.3 is 19.5 Å². The number of hydrogen-bond acceptors (Lipinski definition) is 7. The van der Waals surface area contributed by atoms with Crippen molar-refractivity contribution in [2.45, 2.75) is 19.6 Å². The van der Waals surface area contributed by atoms with E-state index in [-0.39, 0.29) is 6.61 Å². The van der Waals surface area contributed by atoms with Crippen LogP contribution in [0.1, 0.15) is 24.1 Å². The molecular weight excluding hydrogens is 384 g/mol. The summed E-state index contributed by atoms with van der Waals surface area (Å²) in [5, 5.41) is 7.46. The highest BCUT2D eigenvalue weighted by Gasteiger charge is 2.34. The monoisotopic (exact) mass is 406 g/mol. The lowest BCUT2D eigenvalue weighted by Gasteiger charge is -2.28. The van der Waals surface area contributed by atoms with Gasteiger partial charge in [0.15, 0.2) is 11.5 Å². The van der Waals surface area contributed by atoms with Crippen molar-refractivity contribution in [1.82, 2.24) is 14.8 Å². The predicted molar refractivity (Wildman–Crippen MR) is 110 cm³/mol. The lowest BCUT2D eigenvalue weighted by atomic mass is 9.95. The van der Waals surface area contributed by atoms with E-state index in [0.29, 0.717) is 28.7 Å². The Balaban J connectivity index is 1.71. The second-order valence-electron chi connectivity index (χ2n) is 6.77. The minimum absolute atomic E-state index is 0.180. The zero-order valence-corrected chi connectivity index (χ0v) is 17.0. The topological polar surface area (TPSA) is 87.5 Å². The van der Waals surface area contributed by atoms with Gasteiger partial charge in [-0.3, -0.25) is 0 Å². The van der Waals surface area contributed by atoms with Crippen LogP contribution in [-0.4, -0.2) is 35.0 Å². The van der Waals surface area contributed by atoms with E-state index in [2.05, 4.69) is 15.4 Å². The Morgan fingerprint density at radius 3 is 2.60 bits per heavy atom. The summed E-state index contributed by atoms with van der Waals surface area (Å²) in [4.78, 5) is 17.4. The first kappa shape index (κ1) is 19.5. The van der Waals surface area contributed by atoms with Crippen LogP contribution in [0.25, 0.3) is 0 Å². The van der Waals surface area contributed by atoms with E-state index in [1.165, 1.54) is 6.33 Å². The number of anilines is 1. The highest BCUT2D eigenvalue weighted by molar-refractivity contribution is 5.92. The highest BCUT2D eigenvalue weighted by atomic mass is 16.5. The second kappa shape index (κ2) is 8.28. The standard InChI is InChI=1S/C22H22N4O4/c1-14-19(21(27)30-12-15-7-5-4-6-8-15)20(26-22(25-14)23-13-24-26)16-9-10-17(28-2)18(11-16)29-3/h4-11,13,20H,12H2,1-3H3,(H,23,24,25)/t20-/m1/s1. The van der Waals surface area contributed by atoms with Crippen LogP contribution >= 0.6 is 0 Å². The van der Waals surface area contributed by atoms with E-state index < -0.39 is 12.0 Å². The normalized spacial score (nSPS) is 15.2. The van der Waals surface area contributed by atoms with Gasteiger partial charge >= 0.3 is 5.97 Å². The summed E-state index contributed by atoms with van der Waals surface area (Å²) >= 11 is 0. The summed E-state index contributed by atoms with van der Waals surface area (Å²) in [5.74, 6) is 1.28. The Kier molecular flexibility index (Phi) is 5.38. The Morgan fingerprint density at radius 2 is 1.87 bits per heavy atom. The minimum atomic E-state index is -0.521. The van der Waals surface area contributed by atoms with Gasteiger partial charge in [-0.15, -0.1) is 0 Å². The highest BCUT2D eigenvalue weighted by Crippen LogP contribution is 2.38. The number of carbonyl (C=O) groups excluding carboxylic acids is 1. The van der Waals surface area contributed by atoms with E-state index in [1.54, 1.807) is 25.0 Å². The first-order valence-electron chi connectivity index (χ1n) is 9.42. The number of ether oxygens (including phenoxy) is 3. The number of fused-ring (bicyclic) bond motifs is 1. The third-order valence-corrected chi connectivity index (χ3v) is 4.95. The number of rotatable bonds is 6. The van der Waals surface area contributed by atoms with Gasteiger partial charge in [-0.05, 0) is 30.2 Å². The molecule has 0 unspecified atom stereocenters. The lowest BCUT2D eigenvalue weighted by molar-refractivity contribution is -0.140. The van der Waals surface area contributed by atoms with Crippen molar-refractivity contribution in [2.24, 2.45) is 0 Å². The summed E-state index contributed by atoms with van der Waals surface area (Å²) in [6.07, 6.45) is 1.45. The maximum Gasteiger partial charge on any atom is 0.338 e. The fourth-order valence-electron chi connectivity index (χ4n) is 3.49. The van der Waals surface area contributed by atoms with Crippen LogP contribution < -0.4 is 14.8 Å². The number of benzene rings is 2. The van der Waals surface area contributed by atoms with E-state index >= 15 is 0 Å². The molecule has 0 amide bonds. The minimum Gasteiger partial charge on any atom is -0.493 e. The number of allylic oxidation sites excluding steroid dienone is 1. The largest absolute Gasteiger partial charge is 0.493 e. The Bertz CT molecular complexity index is 1090. The third kappa shape index (κ3) is 3.59. The molecule has 3 aromatic rings. The molecule has 1 aliphatic rings. The number of esters is 1. The molecule has 0 fully saturated rings. The Labute approximate surface area is 174 Å². The number of aromatic nitrogens is 3. The molecule has 1 N–H and O–H groups in total. The van der Waals surface area contributed by atoms with Gasteiger partial charge in [0.25, 0.3) is 0 Å². The summed E-state index contributed by atoms with van der Waals surface area (Å²) in [5.41, 5.74) is 2.83. The van der Waals surface area contributed by atoms with E-state index in [4.69, 9.17) is 14.2 Å². The smallest absolute Gasteiger partial charge is 0.338 e. The van der Waals surface area contributed by atoms with Gasteiger partial charge in [0.05, 0.1) is 19.8 Å². The summed E-state index contributed by atoms with van der Waals surface area (Å²) in [7, 11) is 3.15. The quantitative estimate of drug-likeness (QED) is 0.628. The number of hydrogen-bond donors (Lipinski definition) is 1. The molecule has 0 radical (unpaired) electrons. The van der Waals surface area contributed by atoms with Crippen molar-refractivity contribution in [3.63, 3.8) is 0 Å². The Hall–Kier alpha value is -3.81. The number of methoxy groups -OCH3 is 2. The van der Waals surface area contributed by atoms with Crippen molar-refractivity contribution >= 4 is 11.9 Å². The first-order valence-corrected chi connectivity index (χ1v) is 9.42. The number of carbonyl (C=O) groups is 1. The van der Waals surface area contributed by atoms with Gasteiger partial charge in [-0.25, -0.2) is 9.48 Å². The number of nitrogens with zero attached hydrogens (tertiary/aromatic N) is 3. The van der Waals surface area contributed by atoms with Crippen LogP contribution in [-0.2, 0) is 16.1 Å². The Morgan fingerprint density at radius 1 is 1.10 bits per heavy atom. The molecule has 2 aromatic carbocycles. The maximum absolute atomic E-state index is 13.1. The van der Waals surface area contributed by atoms with Gasteiger partial charge in [0.2, 0.25) is 5.95 Å². The van der Waals surface area contributed by atoms with Crippen LogP contribution in [0, 0.1) is 0 Å². The third-order valence-electron chi connectivity index (χ3n) is 4.95.